The van der Waals surface area contributed by atoms with Gasteiger partial charge in [0, 0.05) is 19.0 Å². The highest BCUT2D eigenvalue weighted by Gasteiger charge is 2.12. The van der Waals surface area contributed by atoms with Crippen LogP contribution in [-0.2, 0) is 17.9 Å². The molecular formula is C18H17N3O2. The van der Waals surface area contributed by atoms with Crippen molar-refractivity contribution in [3.05, 3.63) is 76.7 Å². The Bertz CT molecular complexity index is 887. The molecular weight excluding hydrogens is 290 g/mol. The summed E-state index contributed by atoms with van der Waals surface area (Å²) in [5.74, 6) is -0.154. The molecule has 3 rings (SSSR count). The molecule has 0 aliphatic heterocycles. The third-order valence-corrected chi connectivity index (χ3v) is 3.74. The Kier molecular flexibility index (Phi) is 4.19. The van der Waals surface area contributed by atoms with Crippen LogP contribution in [0.5, 0.6) is 0 Å². The molecule has 23 heavy (non-hydrogen) atoms. The summed E-state index contributed by atoms with van der Waals surface area (Å²) in [5, 5.41) is 5.44. The predicted octanol–water partition coefficient (Wildman–Crippen LogP) is 2.06. The van der Waals surface area contributed by atoms with Gasteiger partial charge in [-0.2, -0.15) is 5.10 Å². The first kappa shape index (κ1) is 15.0. The van der Waals surface area contributed by atoms with E-state index in [4.69, 9.17) is 0 Å². The minimum atomic E-state index is -0.246. The highest BCUT2D eigenvalue weighted by molar-refractivity contribution is 5.81. The van der Waals surface area contributed by atoms with Crippen LogP contribution >= 0.6 is 0 Å². The molecule has 0 radical (unpaired) electrons. The fourth-order valence-corrected chi connectivity index (χ4v) is 2.43. The second kappa shape index (κ2) is 6.44. The lowest BCUT2D eigenvalue weighted by Gasteiger charge is -2.17. The Morgan fingerprint density at radius 2 is 1.78 bits per heavy atom. The van der Waals surface area contributed by atoms with Crippen LogP contribution in [0.15, 0.2) is 65.6 Å². The molecule has 0 bridgehead atoms. The Balaban J connectivity index is 1.77. The van der Waals surface area contributed by atoms with Gasteiger partial charge in [0.25, 0.3) is 5.56 Å². The third kappa shape index (κ3) is 3.29. The highest BCUT2D eigenvalue weighted by atomic mass is 16.2. The van der Waals surface area contributed by atoms with Crippen LogP contribution < -0.4 is 5.56 Å². The van der Waals surface area contributed by atoms with Crippen LogP contribution in [0, 0.1) is 0 Å². The molecule has 0 aliphatic rings. The van der Waals surface area contributed by atoms with Crippen LogP contribution in [0.25, 0.3) is 10.8 Å². The molecule has 1 aromatic heterocycles. The molecule has 116 valence electrons. The van der Waals surface area contributed by atoms with E-state index in [-0.39, 0.29) is 18.0 Å². The smallest absolute Gasteiger partial charge is 0.275 e. The number of benzene rings is 2. The maximum atomic E-state index is 12.4. The number of carbonyl (C=O) groups is 1. The first-order valence-corrected chi connectivity index (χ1v) is 7.38. The molecule has 3 aromatic rings. The number of fused-ring (bicyclic) bond motifs is 1. The van der Waals surface area contributed by atoms with Gasteiger partial charge in [0.1, 0.15) is 6.54 Å². The van der Waals surface area contributed by atoms with Gasteiger partial charge in [-0.3, -0.25) is 9.59 Å². The van der Waals surface area contributed by atoms with E-state index in [1.165, 1.54) is 4.68 Å². The predicted molar refractivity (Wildman–Crippen MR) is 88.9 cm³/mol. The summed E-state index contributed by atoms with van der Waals surface area (Å²) < 4.78 is 1.21. The quantitative estimate of drug-likeness (QED) is 0.741. The maximum Gasteiger partial charge on any atom is 0.275 e. The maximum absolute atomic E-state index is 12.4. The number of nitrogens with zero attached hydrogens (tertiary/aromatic N) is 3. The van der Waals surface area contributed by atoms with E-state index in [1.807, 2.05) is 42.5 Å². The van der Waals surface area contributed by atoms with Crippen LogP contribution in [0.2, 0.25) is 0 Å². The van der Waals surface area contributed by atoms with Crippen molar-refractivity contribution in [2.45, 2.75) is 13.1 Å². The lowest BCUT2D eigenvalue weighted by Crippen LogP contribution is -2.34. The van der Waals surface area contributed by atoms with E-state index in [2.05, 4.69) is 5.10 Å². The molecule has 0 unspecified atom stereocenters. The number of hydrogen-bond acceptors (Lipinski definition) is 3. The number of carbonyl (C=O) groups excluding carboxylic acids is 1. The normalized spacial score (nSPS) is 10.7. The van der Waals surface area contributed by atoms with Crippen LogP contribution in [0.4, 0.5) is 0 Å². The molecule has 5 heteroatoms. The molecule has 5 nitrogen and oxygen atoms in total. The molecule has 2 aromatic carbocycles. The first-order valence-electron chi connectivity index (χ1n) is 7.38. The standard InChI is InChI=1S/C18H17N3O2/c1-20(12-14-7-3-2-4-8-14)17(22)13-21-18(23)16-10-6-5-9-15(16)11-19-21/h2-11H,12-13H2,1H3. The summed E-state index contributed by atoms with van der Waals surface area (Å²) in [6.45, 7) is 0.439. The van der Waals surface area contributed by atoms with Gasteiger partial charge in [0.2, 0.25) is 5.91 Å². The summed E-state index contributed by atoms with van der Waals surface area (Å²) >= 11 is 0. The van der Waals surface area contributed by atoms with Crippen LogP contribution in [-0.4, -0.2) is 27.6 Å². The van der Waals surface area contributed by atoms with Crippen LogP contribution in [0.3, 0.4) is 0 Å². The molecule has 1 heterocycles. The Morgan fingerprint density at radius 3 is 2.57 bits per heavy atom. The largest absolute Gasteiger partial charge is 0.340 e. The van der Waals surface area contributed by atoms with Crippen molar-refractivity contribution in [1.29, 1.82) is 0 Å². The number of hydrogen-bond donors (Lipinski definition) is 0. The lowest BCUT2D eigenvalue weighted by molar-refractivity contribution is -0.131. The first-order chi connectivity index (χ1) is 11.1. The zero-order chi connectivity index (χ0) is 16.2. The molecule has 0 N–H and O–H groups in total. The van der Waals surface area contributed by atoms with Gasteiger partial charge in [-0.1, -0.05) is 48.5 Å². The SMILES string of the molecule is CN(Cc1ccccc1)C(=O)Cn1ncc2ccccc2c1=O. The van der Waals surface area contributed by atoms with E-state index < -0.39 is 0 Å². The fourth-order valence-electron chi connectivity index (χ4n) is 2.43. The molecule has 0 atom stereocenters. The lowest BCUT2D eigenvalue weighted by atomic mass is 10.2. The van der Waals surface area contributed by atoms with Gasteiger partial charge in [0.05, 0.1) is 11.6 Å². The zero-order valence-electron chi connectivity index (χ0n) is 12.8. The minimum Gasteiger partial charge on any atom is -0.340 e. The fraction of sp³-hybridized carbons (Fsp3) is 0.167. The molecule has 0 fully saturated rings. The summed E-state index contributed by atoms with van der Waals surface area (Å²) in [5.41, 5.74) is 0.798. The Labute approximate surface area is 133 Å². The molecule has 0 saturated carbocycles. The Hall–Kier alpha value is -2.95. The van der Waals surface area contributed by atoms with E-state index in [9.17, 15) is 9.59 Å². The van der Waals surface area contributed by atoms with E-state index in [1.54, 1.807) is 30.3 Å². The molecule has 0 aliphatic carbocycles. The number of likely N-dealkylation sites (N-methyl/N-ethyl adjacent to an activating group) is 1. The van der Waals surface area contributed by atoms with E-state index in [0.29, 0.717) is 11.9 Å². The van der Waals surface area contributed by atoms with Crippen molar-refractivity contribution < 1.29 is 4.79 Å². The van der Waals surface area contributed by atoms with Crippen molar-refractivity contribution in [2.75, 3.05) is 7.05 Å². The van der Waals surface area contributed by atoms with Gasteiger partial charge in [-0.25, -0.2) is 4.68 Å². The van der Waals surface area contributed by atoms with E-state index in [0.717, 1.165) is 10.9 Å². The molecule has 1 amide bonds. The van der Waals surface area contributed by atoms with Gasteiger partial charge in [-0.05, 0) is 11.6 Å². The molecule has 0 saturated heterocycles. The van der Waals surface area contributed by atoms with Crippen molar-refractivity contribution in [3.63, 3.8) is 0 Å². The van der Waals surface area contributed by atoms with Crippen molar-refractivity contribution in [1.82, 2.24) is 14.7 Å². The average Bonchev–Trinajstić information content (AvgIpc) is 2.58. The number of rotatable bonds is 4. The third-order valence-electron chi connectivity index (χ3n) is 3.74. The summed E-state index contributed by atoms with van der Waals surface area (Å²) in [7, 11) is 1.72. The Morgan fingerprint density at radius 1 is 1.09 bits per heavy atom. The second-order valence-electron chi connectivity index (χ2n) is 5.43. The minimum absolute atomic E-state index is 0.0625. The van der Waals surface area contributed by atoms with Gasteiger partial charge in [0.15, 0.2) is 0 Å². The van der Waals surface area contributed by atoms with Crippen molar-refractivity contribution >= 4 is 16.7 Å². The molecule has 0 spiro atoms. The topological polar surface area (TPSA) is 55.2 Å². The van der Waals surface area contributed by atoms with E-state index >= 15 is 0 Å². The highest BCUT2D eigenvalue weighted by Crippen LogP contribution is 2.07. The second-order valence-corrected chi connectivity index (χ2v) is 5.43. The monoisotopic (exact) mass is 307 g/mol. The summed E-state index contributed by atoms with van der Waals surface area (Å²) in [4.78, 5) is 26.3. The van der Waals surface area contributed by atoms with Gasteiger partial charge in [-0.15, -0.1) is 0 Å². The van der Waals surface area contributed by atoms with Crippen molar-refractivity contribution in [3.8, 4) is 0 Å². The van der Waals surface area contributed by atoms with Crippen LogP contribution in [0.1, 0.15) is 5.56 Å². The van der Waals surface area contributed by atoms with Gasteiger partial charge < -0.3 is 4.90 Å². The van der Waals surface area contributed by atoms with Crippen molar-refractivity contribution in [2.24, 2.45) is 0 Å². The zero-order valence-corrected chi connectivity index (χ0v) is 12.8. The number of aromatic nitrogens is 2. The summed E-state index contributed by atoms with van der Waals surface area (Å²) in [6.07, 6.45) is 1.61. The number of amides is 1. The average molecular weight is 307 g/mol. The summed E-state index contributed by atoms with van der Waals surface area (Å²) in [6, 6.07) is 17.0. The van der Waals surface area contributed by atoms with Gasteiger partial charge >= 0.3 is 0 Å².